The quantitative estimate of drug-likeness (QED) is 0.454. The Morgan fingerprint density at radius 2 is 1.69 bits per heavy atom. The fourth-order valence-electron chi connectivity index (χ4n) is 2.86. The molecule has 3 aromatic rings. The second-order valence-electron chi connectivity index (χ2n) is 6.98. The molecule has 0 saturated carbocycles. The molecule has 4 heteroatoms. The molecule has 0 radical (unpaired) electrons. The number of rotatable bonds is 4. The van der Waals surface area contributed by atoms with E-state index in [1.54, 1.807) is 6.07 Å². The maximum Gasteiger partial charge on any atom is 0.365 e. The molecule has 4 nitrogen and oxygen atoms in total. The van der Waals surface area contributed by atoms with Crippen molar-refractivity contribution in [2.45, 2.75) is 40.5 Å². The van der Waals surface area contributed by atoms with Gasteiger partial charge in [0, 0.05) is 11.6 Å². The van der Waals surface area contributed by atoms with Crippen LogP contribution in [0, 0.1) is 20.8 Å². The first-order valence-electron chi connectivity index (χ1n) is 8.72. The van der Waals surface area contributed by atoms with Crippen LogP contribution in [0.25, 0.3) is 11.3 Å². The number of carbonyl (C=O) groups is 1. The Labute approximate surface area is 153 Å². The van der Waals surface area contributed by atoms with Crippen molar-refractivity contribution < 1.29 is 14.1 Å². The average Bonchev–Trinajstić information content (AvgIpc) is 3.07. The normalized spacial score (nSPS) is 11.0. The molecular formula is C22H23NO3. The standard InChI is InChI=1S/C22H23NO3/c1-13(2)17-9-7-15(4)11-20(17)25-22(24)19-12-21(26-23-19)18-10-14(3)6-8-16(18)5/h6-13H,1-5H3. The summed E-state index contributed by atoms with van der Waals surface area (Å²) in [7, 11) is 0. The Balaban J connectivity index is 1.88. The van der Waals surface area contributed by atoms with Gasteiger partial charge in [0.15, 0.2) is 11.5 Å². The van der Waals surface area contributed by atoms with Crippen molar-refractivity contribution in [3.63, 3.8) is 0 Å². The number of benzene rings is 2. The summed E-state index contributed by atoms with van der Waals surface area (Å²) < 4.78 is 11.0. The Bertz CT molecular complexity index is 954. The number of ether oxygens (including phenoxy) is 1. The molecule has 0 aliphatic heterocycles. The zero-order chi connectivity index (χ0) is 18.8. The first kappa shape index (κ1) is 17.9. The third-order valence-electron chi connectivity index (χ3n) is 4.37. The summed E-state index contributed by atoms with van der Waals surface area (Å²) in [4.78, 5) is 12.6. The Hall–Kier alpha value is -2.88. The van der Waals surface area contributed by atoms with Crippen molar-refractivity contribution in [1.82, 2.24) is 5.16 Å². The van der Waals surface area contributed by atoms with Crippen LogP contribution in [-0.2, 0) is 0 Å². The summed E-state index contributed by atoms with van der Waals surface area (Å²) in [6, 6.07) is 13.6. The van der Waals surface area contributed by atoms with Gasteiger partial charge < -0.3 is 9.26 Å². The summed E-state index contributed by atoms with van der Waals surface area (Å²) in [5.74, 6) is 0.867. The van der Waals surface area contributed by atoms with Gasteiger partial charge in [-0.3, -0.25) is 0 Å². The molecule has 0 amide bonds. The predicted octanol–water partition coefficient (Wildman–Crippen LogP) is 5.61. The van der Waals surface area contributed by atoms with E-state index in [-0.39, 0.29) is 11.6 Å². The van der Waals surface area contributed by atoms with Gasteiger partial charge in [0.2, 0.25) is 0 Å². The summed E-state index contributed by atoms with van der Waals surface area (Å²) in [6.45, 7) is 10.1. The number of esters is 1. The monoisotopic (exact) mass is 349 g/mol. The van der Waals surface area contributed by atoms with Gasteiger partial charge in [-0.15, -0.1) is 0 Å². The van der Waals surface area contributed by atoms with E-state index in [0.717, 1.165) is 27.8 Å². The van der Waals surface area contributed by atoms with Crippen LogP contribution in [0.4, 0.5) is 0 Å². The van der Waals surface area contributed by atoms with Gasteiger partial charge in [0.25, 0.3) is 0 Å². The third kappa shape index (κ3) is 3.69. The predicted molar refractivity (Wildman–Crippen MR) is 102 cm³/mol. The Morgan fingerprint density at radius 3 is 2.42 bits per heavy atom. The number of aryl methyl sites for hydroxylation is 3. The smallest absolute Gasteiger partial charge is 0.365 e. The minimum atomic E-state index is -0.516. The molecule has 0 N–H and O–H groups in total. The van der Waals surface area contributed by atoms with Crippen LogP contribution >= 0.6 is 0 Å². The molecule has 0 unspecified atom stereocenters. The van der Waals surface area contributed by atoms with E-state index >= 15 is 0 Å². The lowest BCUT2D eigenvalue weighted by molar-refractivity contribution is 0.0722. The van der Waals surface area contributed by atoms with Crippen molar-refractivity contribution >= 4 is 5.97 Å². The second kappa shape index (κ2) is 7.16. The van der Waals surface area contributed by atoms with Crippen molar-refractivity contribution in [3.8, 4) is 17.1 Å². The van der Waals surface area contributed by atoms with Gasteiger partial charge in [0.05, 0.1) is 0 Å². The fraction of sp³-hybridized carbons (Fsp3) is 0.273. The van der Waals surface area contributed by atoms with Gasteiger partial charge in [-0.2, -0.15) is 0 Å². The molecule has 0 aliphatic rings. The van der Waals surface area contributed by atoms with Crippen molar-refractivity contribution in [2.75, 3.05) is 0 Å². The molecule has 0 bridgehead atoms. The minimum absolute atomic E-state index is 0.164. The number of hydrogen-bond acceptors (Lipinski definition) is 4. The van der Waals surface area contributed by atoms with E-state index in [0.29, 0.717) is 11.5 Å². The van der Waals surface area contributed by atoms with E-state index in [4.69, 9.17) is 9.26 Å². The highest BCUT2D eigenvalue weighted by atomic mass is 16.5. The molecule has 0 spiro atoms. The summed E-state index contributed by atoms with van der Waals surface area (Å²) in [5.41, 5.74) is 5.29. The largest absolute Gasteiger partial charge is 0.421 e. The zero-order valence-corrected chi connectivity index (χ0v) is 15.8. The van der Waals surface area contributed by atoms with Crippen LogP contribution in [0.1, 0.15) is 52.5 Å². The van der Waals surface area contributed by atoms with Crippen molar-refractivity contribution in [1.29, 1.82) is 0 Å². The molecule has 0 atom stereocenters. The molecule has 1 aromatic heterocycles. The highest BCUT2D eigenvalue weighted by Crippen LogP contribution is 2.29. The minimum Gasteiger partial charge on any atom is -0.421 e. The van der Waals surface area contributed by atoms with Crippen molar-refractivity contribution in [2.24, 2.45) is 0 Å². The van der Waals surface area contributed by atoms with Crippen LogP contribution < -0.4 is 4.74 Å². The lowest BCUT2D eigenvalue weighted by Gasteiger charge is -2.12. The van der Waals surface area contributed by atoms with Crippen LogP contribution in [0.15, 0.2) is 47.0 Å². The zero-order valence-electron chi connectivity index (χ0n) is 15.8. The van der Waals surface area contributed by atoms with E-state index < -0.39 is 5.97 Å². The van der Waals surface area contributed by atoms with E-state index in [9.17, 15) is 4.79 Å². The molecule has 0 saturated heterocycles. The molecular weight excluding hydrogens is 326 g/mol. The SMILES string of the molecule is Cc1ccc(C(C)C)c(OC(=O)c2cc(-c3cc(C)ccc3C)on2)c1. The van der Waals surface area contributed by atoms with Crippen LogP contribution in [0.5, 0.6) is 5.75 Å². The maximum atomic E-state index is 12.6. The van der Waals surface area contributed by atoms with Crippen LogP contribution in [-0.4, -0.2) is 11.1 Å². The molecule has 134 valence electrons. The number of aromatic nitrogens is 1. The molecule has 3 rings (SSSR count). The van der Waals surface area contributed by atoms with Gasteiger partial charge in [-0.25, -0.2) is 4.79 Å². The molecule has 0 aliphatic carbocycles. The first-order valence-corrected chi connectivity index (χ1v) is 8.72. The van der Waals surface area contributed by atoms with Crippen molar-refractivity contribution in [3.05, 3.63) is 70.4 Å². The van der Waals surface area contributed by atoms with E-state index in [2.05, 4.69) is 19.0 Å². The van der Waals surface area contributed by atoms with Gasteiger partial charge >= 0.3 is 5.97 Å². The highest BCUT2D eigenvalue weighted by Gasteiger charge is 2.19. The number of nitrogens with zero attached hydrogens (tertiary/aromatic N) is 1. The molecule has 0 fully saturated rings. The molecule has 2 aromatic carbocycles. The van der Waals surface area contributed by atoms with Crippen LogP contribution in [0.2, 0.25) is 0 Å². The molecule has 26 heavy (non-hydrogen) atoms. The second-order valence-corrected chi connectivity index (χ2v) is 6.98. The fourth-order valence-corrected chi connectivity index (χ4v) is 2.86. The van der Waals surface area contributed by atoms with Gasteiger partial charge in [-0.05, 0) is 55.5 Å². The lowest BCUT2D eigenvalue weighted by atomic mass is 10.0. The summed E-state index contributed by atoms with van der Waals surface area (Å²) in [5, 5.41) is 3.91. The number of carbonyl (C=O) groups excluding carboxylic acids is 1. The first-order chi connectivity index (χ1) is 12.3. The maximum absolute atomic E-state index is 12.6. The number of hydrogen-bond donors (Lipinski definition) is 0. The Morgan fingerprint density at radius 1 is 1.00 bits per heavy atom. The van der Waals surface area contributed by atoms with E-state index in [1.165, 1.54) is 0 Å². The average molecular weight is 349 g/mol. The lowest BCUT2D eigenvalue weighted by Crippen LogP contribution is -2.10. The summed E-state index contributed by atoms with van der Waals surface area (Å²) in [6.07, 6.45) is 0. The van der Waals surface area contributed by atoms with Gasteiger partial charge in [-0.1, -0.05) is 48.8 Å². The molecule has 1 heterocycles. The highest BCUT2D eigenvalue weighted by molar-refractivity contribution is 5.90. The van der Waals surface area contributed by atoms with E-state index in [1.807, 2.05) is 57.2 Å². The summed E-state index contributed by atoms with van der Waals surface area (Å²) >= 11 is 0. The van der Waals surface area contributed by atoms with Crippen LogP contribution in [0.3, 0.4) is 0 Å². The van der Waals surface area contributed by atoms with Gasteiger partial charge in [0.1, 0.15) is 5.75 Å². The Kier molecular flexibility index (Phi) is 4.94. The third-order valence-corrected chi connectivity index (χ3v) is 4.37. The topological polar surface area (TPSA) is 52.3 Å².